The molecule has 0 fully saturated rings. The molecule has 132 valence electrons. The third-order valence-electron chi connectivity index (χ3n) is 3.36. The Morgan fingerprint density at radius 2 is 1.88 bits per heavy atom. The molecule has 0 bridgehead atoms. The van der Waals surface area contributed by atoms with Crippen LogP contribution in [0.1, 0.15) is 28.4 Å². The molecule has 2 aromatic rings. The minimum atomic E-state index is -1.13. The molecule has 0 aliphatic rings. The van der Waals surface area contributed by atoms with Crippen LogP contribution in [-0.2, 0) is 4.74 Å². The number of aromatic carboxylic acids is 1. The van der Waals surface area contributed by atoms with Gasteiger partial charge in [0, 0.05) is 12.7 Å². The Balaban J connectivity index is 2.34. The second kappa shape index (κ2) is 8.39. The number of carbonyl (C=O) groups is 1. The van der Waals surface area contributed by atoms with Gasteiger partial charge in [0.1, 0.15) is 23.5 Å². The van der Waals surface area contributed by atoms with E-state index in [0.29, 0.717) is 17.9 Å². The summed E-state index contributed by atoms with van der Waals surface area (Å²) in [6.45, 7) is 2.12. The van der Waals surface area contributed by atoms with Crippen molar-refractivity contribution < 1.29 is 28.2 Å². The number of rotatable bonds is 7. The molecule has 0 saturated heterocycles. The maximum Gasteiger partial charge on any atom is 0.335 e. The smallest absolute Gasteiger partial charge is 0.335 e. The van der Waals surface area contributed by atoms with Gasteiger partial charge < -0.3 is 14.6 Å². The number of hydrogen-bond donors (Lipinski definition) is 1. The number of hydrogen-bond acceptors (Lipinski definition) is 3. The summed E-state index contributed by atoms with van der Waals surface area (Å²) in [5, 5.41) is 9.22. The monoisotopic (exact) mass is 348 g/mol. The van der Waals surface area contributed by atoms with E-state index in [0.717, 1.165) is 12.1 Å². The highest BCUT2D eigenvalue weighted by molar-refractivity contribution is 5.89. The van der Waals surface area contributed by atoms with Crippen molar-refractivity contribution >= 4 is 18.1 Å². The SMILES string of the molecule is COC[C@H](C)Oc1cc(C=Cc2c(F)cccc2F)cc(C(=O)O)c1. The summed E-state index contributed by atoms with van der Waals surface area (Å²) >= 11 is 0. The topological polar surface area (TPSA) is 55.8 Å². The van der Waals surface area contributed by atoms with Crippen LogP contribution in [0, 0.1) is 11.6 Å². The van der Waals surface area contributed by atoms with Crippen molar-refractivity contribution in [1.82, 2.24) is 0 Å². The van der Waals surface area contributed by atoms with Crippen LogP contribution in [0.5, 0.6) is 5.75 Å². The predicted molar refractivity (Wildman–Crippen MR) is 90.7 cm³/mol. The molecule has 0 aliphatic carbocycles. The van der Waals surface area contributed by atoms with Crippen molar-refractivity contribution in [2.24, 2.45) is 0 Å². The summed E-state index contributed by atoms with van der Waals surface area (Å²) in [5.41, 5.74) is 0.261. The molecule has 0 aromatic heterocycles. The molecule has 0 heterocycles. The van der Waals surface area contributed by atoms with Gasteiger partial charge in [-0.2, -0.15) is 0 Å². The molecule has 4 nitrogen and oxygen atoms in total. The van der Waals surface area contributed by atoms with Crippen LogP contribution >= 0.6 is 0 Å². The normalized spacial score (nSPS) is 12.3. The summed E-state index contributed by atoms with van der Waals surface area (Å²) in [4.78, 5) is 11.3. The predicted octanol–water partition coefficient (Wildman–Crippen LogP) is 4.25. The van der Waals surface area contributed by atoms with Gasteiger partial charge in [-0.05, 0) is 48.9 Å². The average molecular weight is 348 g/mol. The van der Waals surface area contributed by atoms with Crippen LogP contribution in [0.15, 0.2) is 36.4 Å². The standard InChI is InChI=1S/C19H18F2O4/c1-12(11-24-2)25-15-9-13(8-14(10-15)19(22)23)6-7-16-17(20)4-3-5-18(16)21/h3-10,12H,11H2,1-2H3,(H,22,23)/t12-/m0/s1. The summed E-state index contributed by atoms with van der Waals surface area (Å²) in [6.07, 6.45) is 2.41. The van der Waals surface area contributed by atoms with Crippen LogP contribution in [0.4, 0.5) is 8.78 Å². The van der Waals surface area contributed by atoms with Crippen LogP contribution < -0.4 is 4.74 Å². The molecule has 6 heteroatoms. The van der Waals surface area contributed by atoms with E-state index in [1.807, 2.05) is 0 Å². The molecule has 2 rings (SSSR count). The second-order valence-electron chi connectivity index (χ2n) is 5.45. The largest absolute Gasteiger partial charge is 0.488 e. The Kier molecular flexibility index (Phi) is 6.25. The highest BCUT2D eigenvalue weighted by Crippen LogP contribution is 2.22. The van der Waals surface area contributed by atoms with E-state index >= 15 is 0 Å². The summed E-state index contributed by atoms with van der Waals surface area (Å²) in [7, 11) is 1.53. The molecular weight excluding hydrogens is 330 g/mol. The van der Waals surface area contributed by atoms with Gasteiger partial charge in [0.15, 0.2) is 0 Å². The van der Waals surface area contributed by atoms with Crippen molar-refractivity contribution in [3.05, 3.63) is 64.7 Å². The van der Waals surface area contributed by atoms with Crippen molar-refractivity contribution in [2.75, 3.05) is 13.7 Å². The highest BCUT2D eigenvalue weighted by Gasteiger charge is 2.10. The summed E-state index contributed by atoms with van der Waals surface area (Å²) in [5.74, 6) is -2.19. The summed E-state index contributed by atoms with van der Waals surface area (Å²) in [6, 6.07) is 7.94. The van der Waals surface area contributed by atoms with E-state index in [1.54, 1.807) is 13.0 Å². The Morgan fingerprint density at radius 1 is 1.20 bits per heavy atom. The lowest BCUT2D eigenvalue weighted by molar-refractivity contribution is 0.0694. The van der Waals surface area contributed by atoms with Crippen molar-refractivity contribution in [2.45, 2.75) is 13.0 Å². The Labute approximate surface area is 144 Å². The van der Waals surface area contributed by atoms with Crippen LogP contribution in [0.3, 0.4) is 0 Å². The zero-order valence-electron chi connectivity index (χ0n) is 13.8. The van der Waals surface area contributed by atoms with E-state index < -0.39 is 17.6 Å². The third kappa shape index (κ3) is 5.12. The maximum absolute atomic E-state index is 13.7. The molecule has 0 saturated carbocycles. The molecule has 1 N–H and O–H groups in total. The Bertz CT molecular complexity index is 767. The number of ether oxygens (including phenoxy) is 2. The fraction of sp³-hybridized carbons (Fsp3) is 0.211. The minimum Gasteiger partial charge on any atom is -0.488 e. The fourth-order valence-electron chi connectivity index (χ4n) is 2.26. The average Bonchev–Trinajstić information content (AvgIpc) is 2.54. The number of carboxylic acids is 1. The molecular formula is C19H18F2O4. The van der Waals surface area contributed by atoms with Crippen LogP contribution in [-0.4, -0.2) is 30.9 Å². The molecule has 1 atom stereocenters. The number of carboxylic acid groups (broad SMARTS) is 1. The van der Waals surface area contributed by atoms with Crippen molar-refractivity contribution in [3.63, 3.8) is 0 Å². The molecule has 0 aliphatic heterocycles. The van der Waals surface area contributed by atoms with Gasteiger partial charge in [-0.15, -0.1) is 0 Å². The third-order valence-corrected chi connectivity index (χ3v) is 3.36. The van der Waals surface area contributed by atoms with Gasteiger partial charge in [0.25, 0.3) is 0 Å². The van der Waals surface area contributed by atoms with E-state index in [2.05, 4.69) is 0 Å². The van der Waals surface area contributed by atoms with Gasteiger partial charge in [0.2, 0.25) is 0 Å². The number of halogens is 2. The Morgan fingerprint density at radius 3 is 2.48 bits per heavy atom. The van der Waals surface area contributed by atoms with Gasteiger partial charge in [0.05, 0.1) is 12.2 Å². The Hall–Kier alpha value is -2.73. The van der Waals surface area contributed by atoms with Crippen LogP contribution in [0.2, 0.25) is 0 Å². The zero-order chi connectivity index (χ0) is 18.4. The quantitative estimate of drug-likeness (QED) is 0.760. The van der Waals surface area contributed by atoms with E-state index in [1.165, 1.54) is 37.5 Å². The van der Waals surface area contributed by atoms with Gasteiger partial charge in [-0.3, -0.25) is 0 Å². The van der Waals surface area contributed by atoms with E-state index in [-0.39, 0.29) is 17.2 Å². The first-order valence-electron chi connectivity index (χ1n) is 7.56. The molecule has 25 heavy (non-hydrogen) atoms. The second-order valence-corrected chi connectivity index (χ2v) is 5.45. The van der Waals surface area contributed by atoms with Crippen molar-refractivity contribution in [3.8, 4) is 5.75 Å². The number of methoxy groups -OCH3 is 1. The number of benzene rings is 2. The molecule has 0 spiro atoms. The maximum atomic E-state index is 13.7. The fourth-order valence-corrected chi connectivity index (χ4v) is 2.26. The molecule has 0 unspecified atom stereocenters. The van der Waals surface area contributed by atoms with Crippen LogP contribution in [0.25, 0.3) is 12.2 Å². The first kappa shape index (κ1) is 18.6. The molecule has 2 aromatic carbocycles. The lowest BCUT2D eigenvalue weighted by Gasteiger charge is -2.14. The van der Waals surface area contributed by atoms with Gasteiger partial charge in [-0.1, -0.05) is 12.1 Å². The molecule has 0 amide bonds. The molecule has 0 radical (unpaired) electrons. The van der Waals surface area contributed by atoms with Crippen molar-refractivity contribution in [1.29, 1.82) is 0 Å². The minimum absolute atomic E-state index is 0.00997. The first-order chi connectivity index (χ1) is 11.9. The van der Waals surface area contributed by atoms with Gasteiger partial charge >= 0.3 is 5.97 Å². The lowest BCUT2D eigenvalue weighted by Crippen LogP contribution is -2.18. The zero-order valence-corrected chi connectivity index (χ0v) is 13.8. The highest BCUT2D eigenvalue weighted by atomic mass is 19.1. The summed E-state index contributed by atoms with van der Waals surface area (Å²) < 4.78 is 37.9. The first-order valence-corrected chi connectivity index (χ1v) is 7.56. The van der Waals surface area contributed by atoms with E-state index in [9.17, 15) is 18.7 Å². The van der Waals surface area contributed by atoms with E-state index in [4.69, 9.17) is 9.47 Å². The lowest BCUT2D eigenvalue weighted by atomic mass is 10.1. The van der Waals surface area contributed by atoms with Gasteiger partial charge in [-0.25, -0.2) is 13.6 Å².